The maximum atomic E-state index is 13.7. The van der Waals surface area contributed by atoms with Crippen LogP contribution in [0.4, 0.5) is 4.39 Å². The van der Waals surface area contributed by atoms with Gasteiger partial charge in [-0.05, 0) is 74.8 Å². The molecule has 38 heavy (non-hydrogen) atoms. The fourth-order valence-corrected chi connectivity index (χ4v) is 5.41. The average molecular weight is 522 g/mol. The minimum Gasteiger partial charge on any atom is -0.449 e. The number of nitrogens with zero attached hydrogens (tertiary/aromatic N) is 3. The molecule has 8 heteroatoms. The molecule has 2 amide bonds. The smallest absolute Gasteiger partial charge is 0.290 e. The van der Waals surface area contributed by atoms with Gasteiger partial charge in [-0.3, -0.25) is 9.59 Å². The quantitative estimate of drug-likeness (QED) is 0.485. The summed E-state index contributed by atoms with van der Waals surface area (Å²) in [6.45, 7) is 11.0. The summed E-state index contributed by atoms with van der Waals surface area (Å²) in [5.74, 6) is -0.431. The fourth-order valence-electron chi connectivity index (χ4n) is 5.41. The van der Waals surface area contributed by atoms with Crippen molar-refractivity contribution in [3.63, 3.8) is 0 Å². The van der Waals surface area contributed by atoms with Crippen LogP contribution in [-0.4, -0.2) is 63.0 Å². The average Bonchev–Trinajstić information content (AvgIpc) is 3.45. The first-order valence-corrected chi connectivity index (χ1v) is 13.4. The summed E-state index contributed by atoms with van der Waals surface area (Å²) in [7, 11) is 0. The summed E-state index contributed by atoms with van der Waals surface area (Å²) < 4.78 is 19.7. The molecule has 7 nitrogen and oxygen atoms in total. The Hall–Kier alpha value is -3.26. The highest BCUT2D eigenvalue weighted by atomic mass is 19.1. The van der Waals surface area contributed by atoms with E-state index in [4.69, 9.17) is 9.40 Å². The zero-order valence-corrected chi connectivity index (χ0v) is 22.8. The van der Waals surface area contributed by atoms with Gasteiger partial charge in [0.05, 0.1) is 11.2 Å². The van der Waals surface area contributed by atoms with Gasteiger partial charge in [0.25, 0.3) is 11.8 Å². The lowest BCUT2D eigenvalue weighted by atomic mass is 9.96. The largest absolute Gasteiger partial charge is 0.449 e. The number of carbonyl (C=O) groups is 2. The van der Waals surface area contributed by atoms with Crippen molar-refractivity contribution < 1.29 is 23.5 Å². The SMILES string of the molecule is CC(C)C[C@@H](O)C(=O)N1CCN(C(=O)c2cc3nc(-c4ccc(F)cc4)cc(C4(C)CC4)c3o2)C(C)(C)C1. The van der Waals surface area contributed by atoms with Crippen LogP contribution >= 0.6 is 0 Å². The molecule has 0 radical (unpaired) electrons. The van der Waals surface area contributed by atoms with Crippen molar-refractivity contribution in [1.29, 1.82) is 0 Å². The Balaban J connectivity index is 1.43. The van der Waals surface area contributed by atoms with E-state index in [1.54, 1.807) is 28.0 Å². The molecular formula is C30H36FN3O4. The minimum atomic E-state index is -1.04. The molecule has 0 unspecified atom stereocenters. The number of aliphatic hydroxyl groups excluding tert-OH is 1. The molecule has 1 aromatic carbocycles. The normalized spacial score (nSPS) is 19.2. The number of pyridine rings is 1. The van der Waals surface area contributed by atoms with E-state index in [1.807, 2.05) is 33.8 Å². The molecule has 1 atom stereocenters. The van der Waals surface area contributed by atoms with Gasteiger partial charge < -0.3 is 19.3 Å². The van der Waals surface area contributed by atoms with Crippen LogP contribution < -0.4 is 0 Å². The highest BCUT2D eigenvalue weighted by Gasteiger charge is 2.43. The van der Waals surface area contributed by atoms with Crippen LogP contribution in [0.25, 0.3) is 22.4 Å². The fraction of sp³-hybridized carbons (Fsp3) is 0.500. The van der Waals surface area contributed by atoms with E-state index in [0.717, 1.165) is 24.0 Å². The molecule has 3 heterocycles. The number of aliphatic hydroxyl groups is 1. The first-order valence-electron chi connectivity index (χ1n) is 13.4. The monoisotopic (exact) mass is 521 g/mol. The van der Waals surface area contributed by atoms with Crippen molar-refractivity contribution in [3.05, 3.63) is 53.5 Å². The maximum Gasteiger partial charge on any atom is 0.290 e. The van der Waals surface area contributed by atoms with Gasteiger partial charge in [-0.1, -0.05) is 20.8 Å². The number of benzene rings is 1. The van der Waals surface area contributed by atoms with Crippen molar-refractivity contribution in [2.24, 2.45) is 5.92 Å². The number of amides is 2. The third-order valence-electron chi connectivity index (χ3n) is 7.92. The van der Waals surface area contributed by atoms with Gasteiger partial charge in [0.15, 0.2) is 11.3 Å². The minimum absolute atomic E-state index is 0.0454. The van der Waals surface area contributed by atoms with Crippen molar-refractivity contribution in [2.45, 2.75) is 70.9 Å². The van der Waals surface area contributed by atoms with Crippen LogP contribution in [0.2, 0.25) is 0 Å². The summed E-state index contributed by atoms with van der Waals surface area (Å²) in [4.78, 5) is 34.7. The van der Waals surface area contributed by atoms with E-state index in [2.05, 4.69) is 6.92 Å². The molecule has 1 aliphatic heterocycles. The first kappa shape index (κ1) is 26.4. The number of furan rings is 1. The third-order valence-corrected chi connectivity index (χ3v) is 7.92. The van der Waals surface area contributed by atoms with Gasteiger partial charge >= 0.3 is 0 Å². The number of aromatic nitrogens is 1. The van der Waals surface area contributed by atoms with Crippen LogP contribution in [0.15, 0.2) is 40.8 Å². The second kappa shape index (κ2) is 9.49. The van der Waals surface area contributed by atoms with E-state index in [9.17, 15) is 19.1 Å². The standard InChI is InChI=1S/C30H36FN3O4/c1-18(2)14-24(35)27(36)33-12-13-34(29(3,4)17-33)28(37)25-16-23-26(38-25)21(30(5)10-11-30)15-22(32-23)19-6-8-20(31)9-7-19/h6-9,15-16,18,24,35H,10-14,17H2,1-5H3/t24-/m1/s1. The van der Waals surface area contributed by atoms with Gasteiger partial charge in [0.1, 0.15) is 17.4 Å². The summed E-state index contributed by atoms with van der Waals surface area (Å²) in [6, 6.07) is 9.93. The molecule has 3 aromatic rings. The van der Waals surface area contributed by atoms with E-state index in [-0.39, 0.29) is 34.7 Å². The molecule has 2 aliphatic rings. The predicted molar refractivity (Wildman–Crippen MR) is 143 cm³/mol. The number of carbonyl (C=O) groups excluding carboxylic acids is 2. The van der Waals surface area contributed by atoms with E-state index < -0.39 is 11.6 Å². The highest BCUT2D eigenvalue weighted by molar-refractivity contribution is 5.97. The molecule has 1 N–H and O–H groups in total. The Morgan fingerprint density at radius 2 is 1.79 bits per heavy atom. The highest BCUT2D eigenvalue weighted by Crippen LogP contribution is 2.50. The molecular weight excluding hydrogens is 485 g/mol. The van der Waals surface area contributed by atoms with E-state index in [0.29, 0.717) is 42.8 Å². The Bertz CT molecular complexity index is 1370. The number of halogens is 1. The van der Waals surface area contributed by atoms with Crippen molar-refractivity contribution >= 4 is 22.9 Å². The number of rotatable bonds is 6. The van der Waals surface area contributed by atoms with E-state index >= 15 is 0 Å². The second-order valence-corrected chi connectivity index (χ2v) is 12.1. The lowest BCUT2D eigenvalue weighted by Crippen LogP contribution is -2.63. The first-order chi connectivity index (χ1) is 17.9. The Kier molecular flexibility index (Phi) is 6.58. The Labute approximate surface area is 222 Å². The van der Waals surface area contributed by atoms with Gasteiger partial charge in [-0.2, -0.15) is 0 Å². The van der Waals surface area contributed by atoms with Gasteiger partial charge in [-0.25, -0.2) is 9.37 Å². The van der Waals surface area contributed by atoms with Crippen molar-refractivity contribution in [1.82, 2.24) is 14.8 Å². The molecule has 2 aromatic heterocycles. The number of piperazine rings is 1. The molecule has 5 rings (SSSR count). The van der Waals surface area contributed by atoms with E-state index in [1.165, 1.54) is 12.1 Å². The molecule has 1 saturated carbocycles. The molecule has 202 valence electrons. The zero-order valence-electron chi connectivity index (χ0n) is 22.8. The Morgan fingerprint density at radius 3 is 2.39 bits per heavy atom. The molecule has 0 bridgehead atoms. The maximum absolute atomic E-state index is 13.7. The van der Waals surface area contributed by atoms with Crippen LogP contribution in [0.1, 0.15) is 70.0 Å². The lowest BCUT2D eigenvalue weighted by molar-refractivity contribution is -0.145. The summed E-state index contributed by atoms with van der Waals surface area (Å²) >= 11 is 0. The summed E-state index contributed by atoms with van der Waals surface area (Å²) in [6.07, 6.45) is 1.41. The molecule has 1 aliphatic carbocycles. The number of hydrogen-bond acceptors (Lipinski definition) is 5. The molecule has 1 saturated heterocycles. The van der Waals surface area contributed by atoms with Crippen LogP contribution in [-0.2, 0) is 10.2 Å². The number of hydrogen-bond donors (Lipinski definition) is 1. The zero-order chi connectivity index (χ0) is 27.4. The van der Waals surface area contributed by atoms with Crippen LogP contribution in [0, 0.1) is 11.7 Å². The van der Waals surface area contributed by atoms with Gasteiger partial charge in [0, 0.05) is 36.8 Å². The van der Waals surface area contributed by atoms with Gasteiger partial charge in [-0.15, -0.1) is 0 Å². The third kappa shape index (κ3) is 4.94. The predicted octanol–water partition coefficient (Wildman–Crippen LogP) is 5.16. The second-order valence-electron chi connectivity index (χ2n) is 12.1. The molecule has 0 spiro atoms. The summed E-state index contributed by atoms with van der Waals surface area (Å²) in [5.41, 5.74) is 3.04. The molecule has 2 fully saturated rings. The van der Waals surface area contributed by atoms with Crippen molar-refractivity contribution in [2.75, 3.05) is 19.6 Å². The van der Waals surface area contributed by atoms with Gasteiger partial charge in [0.2, 0.25) is 0 Å². The topological polar surface area (TPSA) is 86.9 Å². The van der Waals surface area contributed by atoms with Crippen molar-refractivity contribution in [3.8, 4) is 11.3 Å². The summed E-state index contributed by atoms with van der Waals surface area (Å²) in [5, 5.41) is 10.3. The van der Waals surface area contributed by atoms with Crippen LogP contribution in [0.3, 0.4) is 0 Å². The van der Waals surface area contributed by atoms with Crippen LogP contribution in [0.5, 0.6) is 0 Å². The number of fused-ring (bicyclic) bond motifs is 1. The Morgan fingerprint density at radius 1 is 1.11 bits per heavy atom. The lowest BCUT2D eigenvalue weighted by Gasteiger charge is -2.47.